The fourth-order valence-corrected chi connectivity index (χ4v) is 1.83. The first-order chi connectivity index (χ1) is 15.1. The monoisotopic (exact) mass is 524 g/mol. The lowest BCUT2D eigenvalue weighted by Gasteiger charge is -1.99. The maximum Gasteiger partial charge on any atom is 0.643 e. The SMILES string of the molecule is Fc1ccccc1.O=C1CCC(=O)O1.O=COCCC(=O)c1ccc(F)cc1.[Cl][Al]([Cl])[Cl]. The predicted octanol–water partition coefficient (Wildman–Crippen LogP) is 4.93. The minimum Gasteiger partial charge on any atom is -0.467 e. The van der Waals surface area contributed by atoms with Crippen LogP contribution in [0.3, 0.4) is 0 Å². The topological polar surface area (TPSA) is 86.7 Å². The van der Waals surface area contributed by atoms with E-state index in [0.717, 1.165) is 0 Å². The lowest BCUT2D eigenvalue weighted by atomic mass is 10.1. The van der Waals surface area contributed by atoms with Crippen LogP contribution < -0.4 is 0 Å². The highest BCUT2D eigenvalue weighted by molar-refractivity contribution is 7.54. The zero-order chi connectivity index (χ0) is 24.4. The number of halogens is 5. The number of rotatable bonds is 5. The third-order valence-electron chi connectivity index (χ3n) is 3.18. The molecular formula is C20H18AlCl3F2O6. The van der Waals surface area contributed by atoms with Crippen LogP contribution in [0.25, 0.3) is 0 Å². The number of carbonyl (C=O) groups is 4. The molecular weight excluding hydrogens is 508 g/mol. The van der Waals surface area contributed by atoms with Crippen LogP contribution in [0.2, 0.25) is 0 Å². The molecule has 0 atom stereocenters. The summed E-state index contributed by atoms with van der Waals surface area (Å²) < 4.78 is 32.8. The van der Waals surface area contributed by atoms with Gasteiger partial charge in [0.2, 0.25) is 0 Å². The van der Waals surface area contributed by atoms with E-state index in [1.807, 2.05) is 0 Å². The van der Waals surface area contributed by atoms with Crippen molar-refractivity contribution in [1.29, 1.82) is 0 Å². The molecule has 1 saturated heterocycles. The van der Waals surface area contributed by atoms with Crippen molar-refractivity contribution < 1.29 is 37.4 Å². The number of hydrogen-bond acceptors (Lipinski definition) is 6. The quantitative estimate of drug-likeness (QED) is 0.137. The number of benzene rings is 2. The van der Waals surface area contributed by atoms with Gasteiger partial charge in [0.25, 0.3) is 6.47 Å². The number of cyclic esters (lactones) is 2. The lowest BCUT2D eigenvalue weighted by Crippen LogP contribution is -2.04. The van der Waals surface area contributed by atoms with Crippen LogP contribution in [0.15, 0.2) is 54.6 Å². The zero-order valence-corrected chi connectivity index (χ0v) is 19.9. The molecule has 0 unspecified atom stereocenters. The molecule has 0 amide bonds. The highest BCUT2D eigenvalue weighted by Gasteiger charge is 2.19. The fourth-order valence-electron chi connectivity index (χ4n) is 1.83. The van der Waals surface area contributed by atoms with Crippen molar-refractivity contribution in [2.45, 2.75) is 19.3 Å². The van der Waals surface area contributed by atoms with E-state index < -0.39 is 23.3 Å². The first kappa shape index (κ1) is 30.0. The summed E-state index contributed by atoms with van der Waals surface area (Å²) in [6, 6.07) is 13.2. The van der Waals surface area contributed by atoms with E-state index >= 15 is 0 Å². The predicted molar refractivity (Wildman–Crippen MR) is 117 cm³/mol. The number of carbonyl (C=O) groups excluding carboxylic acids is 4. The van der Waals surface area contributed by atoms with Gasteiger partial charge in [0, 0.05) is 12.0 Å². The van der Waals surface area contributed by atoms with E-state index in [4.69, 9.17) is 30.1 Å². The van der Waals surface area contributed by atoms with Crippen LogP contribution >= 0.6 is 30.1 Å². The van der Waals surface area contributed by atoms with Gasteiger partial charge in [-0.05, 0) is 36.4 Å². The average Bonchev–Trinajstić information content (AvgIpc) is 3.12. The summed E-state index contributed by atoms with van der Waals surface area (Å²) in [5.41, 5.74) is 0.417. The van der Waals surface area contributed by atoms with Gasteiger partial charge in [0.1, 0.15) is 11.6 Å². The third kappa shape index (κ3) is 17.6. The molecule has 32 heavy (non-hydrogen) atoms. The summed E-state index contributed by atoms with van der Waals surface area (Å²) in [6.07, 6.45) is 0.641. The molecule has 0 bridgehead atoms. The van der Waals surface area contributed by atoms with E-state index in [1.54, 1.807) is 18.2 Å². The highest BCUT2D eigenvalue weighted by atomic mass is 35.8. The van der Waals surface area contributed by atoms with Crippen molar-refractivity contribution in [2.24, 2.45) is 0 Å². The van der Waals surface area contributed by atoms with Crippen molar-refractivity contribution >= 4 is 65.7 Å². The second-order valence-corrected chi connectivity index (χ2v) is 12.0. The molecule has 0 aromatic heterocycles. The summed E-state index contributed by atoms with van der Waals surface area (Å²) >= 11 is -1.72. The second-order valence-electron chi connectivity index (χ2n) is 5.54. The van der Waals surface area contributed by atoms with Crippen molar-refractivity contribution in [3.8, 4) is 0 Å². The summed E-state index contributed by atoms with van der Waals surface area (Å²) in [6.45, 7) is 0.345. The Kier molecular flexibility index (Phi) is 17.4. The van der Waals surface area contributed by atoms with E-state index in [2.05, 4.69) is 9.47 Å². The minimum absolute atomic E-state index is 0.0553. The molecule has 0 spiro atoms. The second kappa shape index (κ2) is 18.5. The molecule has 0 radical (unpaired) electrons. The summed E-state index contributed by atoms with van der Waals surface area (Å²) in [4.78, 5) is 41.1. The molecule has 3 rings (SSSR count). The minimum atomic E-state index is -1.72. The van der Waals surface area contributed by atoms with E-state index in [0.29, 0.717) is 5.56 Å². The smallest absolute Gasteiger partial charge is 0.467 e. The van der Waals surface area contributed by atoms with Crippen molar-refractivity contribution in [1.82, 2.24) is 0 Å². The Balaban J connectivity index is 0.000000448. The van der Waals surface area contributed by atoms with Gasteiger partial charge in [0.05, 0.1) is 19.4 Å². The lowest BCUT2D eigenvalue weighted by molar-refractivity contribution is -0.152. The fraction of sp³-hybridized carbons (Fsp3) is 0.200. The molecule has 1 heterocycles. The van der Waals surface area contributed by atoms with Gasteiger partial charge in [-0.1, -0.05) is 18.2 Å². The molecule has 172 valence electrons. The Hall–Kier alpha value is -2.02. The van der Waals surface area contributed by atoms with Gasteiger partial charge in [-0.25, -0.2) is 38.9 Å². The van der Waals surface area contributed by atoms with Gasteiger partial charge < -0.3 is 9.47 Å². The van der Waals surface area contributed by atoms with Crippen molar-refractivity contribution in [3.63, 3.8) is 0 Å². The molecule has 0 aliphatic carbocycles. The van der Waals surface area contributed by atoms with Crippen LogP contribution in [0.4, 0.5) is 8.78 Å². The Morgan fingerprint density at radius 1 is 0.938 bits per heavy atom. The van der Waals surface area contributed by atoms with Gasteiger partial charge in [0.15, 0.2) is 5.78 Å². The Bertz CT molecular complexity index is 822. The summed E-state index contributed by atoms with van der Waals surface area (Å²) in [5.74, 6) is -1.53. The molecule has 1 aliphatic heterocycles. The van der Waals surface area contributed by atoms with Gasteiger partial charge in [-0.3, -0.25) is 19.2 Å². The molecule has 6 nitrogen and oxygen atoms in total. The van der Waals surface area contributed by atoms with E-state index in [-0.39, 0.29) is 49.8 Å². The van der Waals surface area contributed by atoms with Crippen LogP contribution in [-0.4, -0.2) is 42.2 Å². The maximum absolute atomic E-state index is 12.5. The number of Topliss-reactive ketones (excluding diaryl/α,β-unsaturated/α-hetero) is 1. The first-order valence-electron chi connectivity index (χ1n) is 8.86. The van der Waals surface area contributed by atoms with E-state index in [1.165, 1.54) is 36.4 Å². The summed E-state index contributed by atoms with van der Waals surface area (Å²) in [7, 11) is 14.8. The molecule has 1 aliphatic rings. The maximum atomic E-state index is 12.5. The number of ether oxygens (including phenoxy) is 2. The van der Waals surface area contributed by atoms with Crippen LogP contribution in [0.1, 0.15) is 29.6 Å². The number of hydrogen-bond donors (Lipinski definition) is 0. The van der Waals surface area contributed by atoms with Crippen LogP contribution in [0.5, 0.6) is 0 Å². The normalized spacial score (nSPS) is 11.3. The van der Waals surface area contributed by atoms with Gasteiger partial charge >= 0.3 is 23.3 Å². The number of esters is 2. The van der Waals surface area contributed by atoms with Gasteiger partial charge in [-0.15, -0.1) is 0 Å². The van der Waals surface area contributed by atoms with Crippen LogP contribution in [-0.2, 0) is 23.9 Å². The van der Waals surface area contributed by atoms with Crippen molar-refractivity contribution in [3.05, 3.63) is 71.8 Å². The van der Waals surface area contributed by atoms with Crippen LogP contribution in [0, 0.1) is 11.6 Å². The molecule has 2 aromatic rings. The Morgan fingerprint density at radius 3 is 1.75 bits per heavy atom. The summed E-state index contributed by atoms with van der Waals surface area (Å²) in [5, 5.41) is 0. The van der Waals surface area contributed by atoms with E-state index in [9.17, 15) is 28.0 Å². The average molecular weight is 526 g/mol. The Morgan fingerprint density at radius 2 is 1.41 bits per heavy atom. The highest BCUT2D eigenvalue weighted by Crippen LogP contribution is 2.06. The molecule has 1 fully saturated rings. The standard InChI is InChI=1S/C10H9FO3.C6H5F.C4H4O3.Al.3ClH/c11-9-3-1-8(2-4-9)10(13)5-6-14-7-12;7-6-4-2-1-3-5-6;5-3-1-2-4(6)7-3;;;;/h1-4,7H,5-6H2;1-5H;1-2H2;;3*1H/q;;;+3;;;/p-3. The van der Waals surface area contributed by atoms with Gasteiger partial charge in [-0.2, -0.15) is 0 Å². The number of ketones is 1. The third-order valence-corrected chi connectivity index (χ3v) is 3.18. The Labute approximate surface area is 200 Å². The molecule has 12 heteroatoms. The molecule has 2 aromatic carbocycles. The van der Waals surface area contributed by atoms with Crippen molar-refractivity contribution in [2.75, 3.05) is 6.61 Å². The molecule has 0 saturated carbocycles. The zero-order valence-electron chi connectivity index (χ0n) is 16.5. The first-order valence-corrected chi connectivity index (χ1v) is 14.1. The molecule has 0 N–H and O–H groups in total. The largest absolute Gasteiger partial charge is 0.643 e.